The molecule has 0 unspecified atom stereocenters. The van der Waals surface area contributed by atoms with Crippen LogP contribution in [0.3, 0.4) is 0 Å². The molecular formula is C13H30S. The first-order valence-electron chi connectivity index (χ1n) is 6.14. The Balaban J connectivity index is 2.84. The van der Waals surface area contributed by atoms with Gasteiger partial charge in [-0.15, -0.1) is 0 Å². The van der Waals surface area contributed by atoms with Crippen molar-refractivity contribution in [3.63, 3.8) is 0 Å². The Labute approximate surface area is 90.1 Å². The summed E-state index contributed by atoms with van der Waals surface area (Å²) in [5.41, 5.74) is 0. The summed E-state index contributed by atoms with van der Waals surface area (Å²) in [7, 11) is -1.59. The zero-order chi connectivity index (χ0) is 11.1. The lowest BCUT2D eigenvalue weighted by Crippen LogP contribution is -2.57. The summed E-state index contributed by atoms with van der Waals surface area (Å²) in [5, 5.41) is 0.919. The quantitative estimate of drug-likeness (QED) is 0.669. The fourth-order valence-corrected chi connectivity index (χ4v) is 8.13. The van der Waals surface area contributed by atoms with Crippen molar-refractivity contribution in [1.29, 1.82) is 0 Å². The Morgan fingerprint density at radius 2 is 1.50 bits per heavy atom. The molecule has 0 radical (unpaired) electrons. The molecule has 0 bridgehead atoms. The Hall–Kier alpha value is 0.350. The third-order valence-corrected chi connectivity index (χ3v) is 15.0. The van der Waals surface area contributed by atoms with Gasteiger partial charge in [0.2, 0.25) is 0 Å². The molecule has 0 amide bonds. The van der Waals surface area contributed by atoms with Gasteiger partial charge in [0.1, 0.15) is 0 Å². The molecule has 0 nitrogen and oxygen atoms in total. The first-order chi connectivity index (χ1) is 6.14. The highest BCUT2D eigenvalue weighted by Crippen LogP contribution is 2.92. The lowest BCUT2D eigenvalue weighted by molar-refractivity contribution is 0.621. The molecule has 0 atom stereocenters. The minimum atomic E-state index is -1.59. The number of hydrogen-bond acceptors (Lipinski definition) is 0. The van der Waals surface area contributed by atoms with Crippen molar-refractivity contribution in [2.45, 2.75) is 45.8 Å². The molecule has 0 aromatic rings. The van der Waals surface area contributed by atoms with Crippen LogP contribution in [0.5, 0.6) is 0 Å². The van der Waals surface area contributed by atoms with Gasteiger partial charge in [-0.05, 0) is 53.8 Å². The van der Waals surface area contributed by atoms with Crippen molar-refractivity contribution in [2.75, 3.05) is 29.8 Å². The Morgan fingerprint density at radius 1 is 1.00 bits per heavy atom. The summed E-state index contributed by atoms with van der Waals surface area (Å²) in [5.74, 6) is 5.49. The van der Waals surface area contributed by atoms with E-state index < -0.39 is 8.29 Å². The summed E-state index contributed by atoms with van der Waals surface area (Å²) in [6.07, 6.45) is 8.28. The minimum Gasteiger partial charge on any atom is -0.277 e. The van der Waals surface area contributed by atoms with E-state index in [1.807, 2.05) is 0 Å². The standard InChI is InChI=1S/C13H30S/c1-12(2)8-11-14(5,6,13(3)4)9-7-10-14/h12-13H,7-11H2,1-6H3. The first kappa shape index (κ1) is 12.4. The summed E-state index contributed by atoms with van der Waals surface area (Å²) in [4.78, 5) is 0. The molecule has 1 rings (SSSR count). The van der Waals surface area contributed by atoms with Gasteiger partial charge in [0.05, 0.1) is 0 Å². The first-order valence-corrected chi connectivity index (χ1v) is 9.97. The third kappa shape index (κ3) is 1.73. The fourth-order valence-electron chi connectivity index (χ4n) is 2.71. The molecule has 1 fully saturated rings. The van der Waals surface area contributed by atoms with E-state index >= 15 is 0 Å². The van der Waals surface area contributed by atoms with Crippen LogP contribution >= 0.6 is 8.29 Å². The van der Waals surface area contributed by atoms with E-state index in [-0.39, 0.29) is 0 Å². The summed E-state index contributed by atoms with van der Waals surface area (Å²) in [6.45, 7) is 9.68. The van der Waals surface area contributed by atoms with Crippen LogP contribution in [-0.4, -0.2) is 35.0 Å². The van der Waals surface area contributed by atoms with E-state index in [0.29, 0.717) is 0 Å². The lowest BCUT2D eigenvalue weighted by Gasteiger charge is -2.84. The Bertz CT molecular complexity index is 228. The van der Waals surface area contributed by atoms with Gasteiger partial charge in [-0.2, -0.15) is 0 Å². The molecule has 0 N–H and O–H groups in total. The number of rotatable bonds is 4. The largest absolute Gasteiger partial charge is 0.277 e. The maximum atomic E-state index is 2.68. The highest BCUT2D eigenvalue weighted by molar-refractivity contribution is 8.64. The highest BCUT2D eigenvalue weighted by Gasteiger charge is 2.58. The second-order valence-corrected chi connectivity index (χ2v) is 17.0. The van der Waals surface area contributed by atoms with Crippen molar-refractivity contribution in [2.24, 2.45) is 5.92 Å². The molecular weight excluding hydrogens is 188 g/mol. The topological polar surface area (TPSA) is 0 Å². The molecule has 1 heteroatoms. The normalized spacial score (nSPS) is 32.6. The van der Waals surface area contributed by atoms with E-state index in [1.165, 1.54) is 18.6 Å². The molecule has 0 spiro atoms. The van der Waals surface area contributed by atoms with Crippen molar-refractivity contribution < 1.29 is 0 Å². The van der Waals surface area contributed by atoms with E-state index in [2.05, 4.69) is 40.2 Å². The van der Waals surface area contributed by atoms with Gasteiger partial charge in [-0.25, -0.2) is 0 Å². The molecule has 0 aliphatic carbocycles. The summed E-state index contributed by atoms with van der Waals surface area (Å²) >= 11 is 0. The van der Waals surface area contributed by atoms with Crippen LogP contribution in [0.15, 0.2) is 0 Å². The zero-order valence-electron chi connectivity index (χ0n) is 11.1. The molecule has 14 heavy (non-hydrogen) atoms. The van der Waals surface area contributed by atoms with Crippen LogP contribution in [0.25, 0.3) is 0 Å². The van der Waals surface area contributed by atoms with E-state index in [4.69, 9.17) is 0 Å². The van der Waals surface area contributed by atoms with Crippen molar-refractivity contribution >= 4 is 8.29 Å². The molecule has 0 aromatic carbocycles. The van der Waals surface area contributed by atoms with Gasteiger partial charge in [-0.1, -0.05) is 27.7 Å². The van der Waals surface area contributed by atoms with E-state index in [9.17, 15) is 0 Å². The fraction of sp³-hybridized carbons (Fsp3) is 1.00. The molecule has 1 aliphatic rings. The van der Waals surface area contributed by atoms with Gasteiger partial charge in [0.15, 0.2) is 0 Å². The predicted molar refractivity (Wildman–Crippen MR) is 73.2 cm³/mol. The second-order valence-electron chi connectivity index (χ2n) is 7.42. The maximum absolute atomic E-state index is 2.68. The van der Waals surface area contributed by atoms with Crippen LogP contribution in [0.4, 0.5) is 0 Å². The van der Waals surface area contributed by atoms with Gasteiger partial charge < -0.3 is 0 Å². The second kappa shape index (κ2) is 2.93. The minimum absolute atomic E-state index is 0.877. The number of hydrogen-bond donors (Lipinski definition) is 0. The summed E-state index contributed by atoms with van der Waals surface area (Å²) < 4.78 is 0. The zero-order valence-corrected chi connectivity index (χ0v) is 11.9. The van der Waals surface area contributed by atoms with Crippen LogP contribution in [0, 0.1) is 5.92 Å². The molecule has 0 aromatic heterocycles. The van der Waals surface area contributed by atoms with Crippen LogP contribution in [0.1, 0.15) is 40.5 Å². The van der Waals surface area contributed by atoms with Crippen LogP contribution < -0.4 is 0 Å². The lowest BCUT2D eigenvalue weighted by atomic mass is 10.2. The molecule has 1 aliphatic heterocycles. The molecule has 0 saturated carbocycles. The smallest absolute Gasteiger partial charge is 0.0280 e. The van der Waals surface area contributed by atoms with Crippen LogP contribution in [0.2, 0.25) is 0 Å². The monoisotopic (exact) mass is 218 g/mol. The van der Waals surface area contributed by atoms with Gasteiger partial charge in [-0.3, -0.25) is 8.29 Å². The van der Waals surface area contributed by atoms with Crippen molar-refractivity contribution in [1.82, 2.24) is 0 Å². The van der Waals surface area contributed by atoms with E-state index in [0.717, 1.165) is 11.2 Å². The molecule has 1 saturated heterocycles. The van der Waals surface area contributed by atoms with Gasteiger partial charge in [0, 0.05) is 0 Å². The van der Waals surface area contributed by atoms with Crippen molar-refractivity contribution in [3.05, 3.63) is 0 Å². The molecule has 88 valence electrons. The summed E-state index contributed by atoms with van der Waals surface area (Å²) in [6, 6.07) is 0. The Kier molecular flexibility index (Phi) is 2.60. The van der Waals surface area contributed by atoms with Crippen molar-refractivity contribution in [3.8, 4) is 0 Å². The highest BCUT2D eigenvalue weighted by atomic mass is 32.4. The third-order valence-electron chi connectivity index (χ3n) is 5.37. The SMILES string of the molecule is CC(C)CCS1(C)(C)(C(C)C)CCC1. The Morgan fingerprint density at radius 3 is 1.71 bits per heavy atom. The van der Waals surface area contributed by atoms with E-state index in [1.54, 1.807) is 11.5 Å². The maximum Gasteiger partial charge on any atom is -0.0280 e. The van der Waals surface area contributed by atoms with Gasteiger partial charge in [0.25, 0.3) is 0 Å². The average Bonchev–Trinajstić information content (AvgIpc) is 1.99. The predicted octanol–water partition coefficient (Wildman–Crippen LogP) is 3.98. The molecule has 1 heterocycles. The van der Waals surface area contributed by atoms with Crippen LogP contribution in [-0.2, 0) is 0 Å². The average molecular weight is 218 g/mol. The van der Waals surface area contributed by atoms with Gasteiger partial charge >= 0.3 is 0 Å².